The lowest BCUT2D eigenvalue weighted by molar-refractivity contribution is -0.0622. The predicted octanol–water partition coefficient (Wildman–Crippen LogP) is 3.18. The molecule has 4 unspecified atom stereocenters. The maximum Gasteiger partial charge on any atom is 0.115 e. The Hall–Kier alpha value is -1.06. The Morgan fingerprint density at radius 1 is 1.36 bits per heavy atom. The number of benzene rings is 1. The second-order valence-electron chi connectivity index (χ2n) is 7.60. The van der Waals surface area contributed by atoms with E-state index in [9.17, 15) is 10.2 Å². The van der Waals surface area contributed by atoms with Crippen LogP contribution in [-0.4, -0.2) is 22.9 Å². The number of aromatic hydroxyl groups is 1. The molecule has 1 aromatic rings. The average molecular weight is 303 g/mol. The molecule has 0 heterocycles. The third kappa shape index (κ3) is 2.44. The predicted molar refractivity (Wildman–Crippen MR) is 88.8 cm³/mol. The summed E-state index contributed by atoms with van der Waals surface area (Å²) in [5.41, 5.74) is 8.62. The summed E-state index contributed by atoms with van der Waals surface area (Å²) in [6, 6.07) is 5.87. The molecule has 122 valence electrons. The van der Waals surface area contributed by atoms with Gasteiger partial charge in [-0.25, -0.2) is 0 Å². The number of phenolic OH excluding ortho intramolecular Hbond substituents is 1. The van der Waals surface area contributed by atoms with Crippen LogP contribution < -0.4 is 5.73 Å². The smallest absolute Gasteiger partial charge is 0.115 e. The topological polar surface area (TPSA) is 66.5 Å². The average Bonchev–Trinajstić information content (AvgIpc) is 2.49. The Bertz CT molecular complexity index is 542. The van der Waals surface area contributed by atoms with Crippen molar-refractivity contribution in [3.63, 3.8) is 0 Å². The quantitative estimate of drug-likeness (QED) is 0.803. The number of phenols is 1. The number of rotatable bonds is 3. The highest BCUT2D eigenvalue weighted by atomic mass is 16.3. The van der Waals surface area contributed by atoms with E-state index in [0.29, 0.717) is 30.0 Å². The molecule has 3 nitrogen and oxygen atoms in total. The van der Waals surface area contributed by atoms with Gasteiger partial charge < -0.3 is 15.9 Å². The third-order valence-corrected chi connectivity index (χ3v) is 6.58. The van der Waals surface area contributed by atoms with E-state index in [1.165, 1.54) is 11.1 Å². The lowest BCUT2D eigenvalue weighted by atomic mass is 9.52. The van der Waals surface area contributed by atoms with Crippen molar-refractivity contribution in [3.8, 4) is 5.75 Å². The Balaban J connectivity index is 1.95. The van der Waals surface area contributed by atoms with Gasteiger partial charge in [-0.2, -0.15) is 0 Å². The molecule has 0 aromatic heterocycles. The first-order valence-corrected chi connectivity index (χ1v) is 8.67. The first-order valence-electron chi connectivity index (χ1n) is 8.67. The molecule has 3 heteroatoms. The maximum absolute atomic E-state index is 10.4. The highest BCUT2D eigenvalue weighted by Crippen LogP contribution is 2.56. The molecule has 2 aliphatic rings. The van der Waals surface area contributed by atoms with Crippen LogP contribution in [-0.2, 0) is 6.42 Å². The van der Waals surface area contributed by atoms with Crippen molar-refractivity contribution in [1.29, 1.82) is 0 Å². The van der Waals surface area contributed by atoms with Gasteiger partial charge in [0, 0.05) is 0 Å². The fourth-order valence-corrected chi connectivity index (χ4v) is 5.16. The summed E-state index contributed by atoms with van der Waals surface area (Å²) >= 11 is 0. The van der Waals surface area contributed by atoms with E-state index in [0.717, 1.165) is 32.1 Å². The van der Waals surface area contributed by atoms with Crippen LogP contribution in [0.3, 0.4) is 0 Å². The Morgan fingerprint density at radius 3 is 2.82 bits per heavy atom. The van der Waals surface area contributed by atoms with Crippen molar-refractivity contribution in [2.24, 2.45) is 23.0 Å². The van der Waals surface area contributed by atoms with E-state index in [-0.39, 0.29) is 11.5 Å². The SMILES string of the molecule is CC(O)[C@@]1(C)CCC2c3ccc(O)cc3CCC2C1CCN. The van der Waals surface area contributed by atoms with Crippen LogP contribution in [0.5, 0.6) is 5.75 Å². The lowest BCUT2D eigenvalue weighted by Crippen LogP contribution is -2.48. The van der Waals surface area contributed by atoms with Crippen molar-refractivity contribution in [2.75, 3.05) is 6.54 Å². The fourth-order valence-electron chi connectivity index (χ4n) is 5.16. The summed E-state index contributed by atoms with van der Waals surface area (Å²) in [6.45, 7) is 4.89. The molecule has 4 N–H and O–H groups in total. The fraction of sp³-hybridized carbons (Fsp3) is 0.684. The standard InChI is InChI=1S/C19H29NO2/c1-12(21)19(2)9-7-16-15-6-4-14(22)11-13(15)3-5-17(16)18(19)8-10-20/h4,6,11-12,16-18,21-22H,3,5,7-10,20H2,1-2H3/t12?,16?,17?,18?,19-/m1/s1. The summed E-state index contributed by atoms with van der Waals surface area (Å²) in [4.78, 5) is 0. The molecule has 0 aliphatic heterocycles. The van der Waals surface area contributed by atoms with Gasteiger partial charge >= 0.3 is 0 Å². The molecule has 1 fully saturated rings. The Morgan fingerprint density at radius 2 is 2.14 bits per heavy atom. The van der Waals surface area contributed by atoms with Gasteiger partial charge in [0.2, 0.25) is 0 Å². The maximum atomic E-state index is 10.4. The van der Waals surface area contributed by atoms with Crippen LogP contribution in [0.15, 0.2) is 18.2 Å². The molecule has 0 bridgehead atoms. The lowest BCUT2D eigenvalue weighted by Gasteiger charge is -2.53. The molecule has 1 saturated carbocycles. The molecule has 3 rings (SSSR count). The summed E-state index contributed by atoms with van der Waals surface area (Å²) in [7, 11) is 0. The van der Waals surface area contributed by atoms with Gasteiger partial charge in [-0.15, -0.1) is 0 Å². The van der Waals surface area contributed by atoms with Gasteiger partial charge in [0.05, 0.1) is 6.10 Å². The van der Waals surface area contributed by atoms with Gasteiger partial charge in [0.15, 0.2) is 0 Å². The second-order valence-corrected chi connectivity index (χ2v) is 7.60. The van der Waals surface area contributed by atoms with Crippen LogP contribution in [0.2, 0.25) is 0 Å². The summed E-state index contributed by atoms with van der Waals surface area (Å²) in [6.07, 6.45) is 5.07. The number of hydrogen-bond acceptors (Lipinski definition) is 3. The number of nitrogens with two attached hydrogens (primary N) is 1. The van der Waals surface area contributed by atoms with E-state index in [2.05, 4.69) is 13.0 Å². The summed E-state index contributed by atoms with van der Waals surface area (Å²) in [5.74, 6) is 2.03. The minimum atomic E-state index is -0.286. The molecule has 22 heavy (non-hydrogen) atoms. The van der Waals surface area contributed by atoms with Crippen molar-refractivity contribution in [2.45, 2.75) is 58.0 Å². The molecule has 0 radical (unpaired) electrons. The first kappa shape index (κ1) is 15.8. The summed E-state index contributed by atoms with van der Waals surface area (Å²) < 4.78 is 0. The number of aliphatic hydroxyl groups is 1. The van der Waals surface area contributed by atoms with E-state index >= 15 is 0 Å². The molecule has 1 aromatic carbocycles. The zero-order valence-electron chi connectivity index (χ0n) is 13.8. The molecular formula is C19H29NO2. The zero-order valence-corrected chi connectivity index (χ0v) is 13.8. The highest BCUT2D eigenvalue weighted by Gasteiger charge is 2.49. The summed E-state index contributed by atoms with van der Waals surface area (Å²) in [5, 5.41) is 20.1. The Labute approximate surface area is 133 Å². The zero-order chi connectivity index (χ0) is 15.9. The van der Waals surface area contributed by atoms with Gasteiger partial charge in [-0.1, -0.05) is 13.0 Å². The number of hydrogen-bond donors (Lipinski definition) is 3. The monoisotopic (exact) mass is 303 g/mol. The largest absolute Gasteiger partial charge is 0.508 e. The molecule has 5 atom stereocenters. The van der Waals surface area contributed by atoms with Crippen LogP contribution in [0.4, 0.5) is 0 Å². The van der Waals surface area contributed by atoms with Crippen LogP contribution in [0, 0.1) is 17.3 Å². The van der Waals surface area contributed by atoms with Gasteiger partial charge in [0.25, 0.3) is 0 Å². The van der Waals surface area contributed by atoms with E-state index in [4.69, 9.17) is 5.73 Å². The van der Waals surface area contributed by atoms with Crippen molar-refractivity contribution in [1.82, 2.24) is 0 Å². The Kier molecular flexibility index (Phi) is 4.21. The van der Waals surface area contributed by atoms with Gasteiger partial charge in [0.1, 0.15) is 5.75 Å². The normalized spacial score (nSPS) is 35.5. The van der Waals surface area contributed by atoms with Gasteiger partial charge in [-0.3, -0.25) is 0 Å². The minimum absolute atomic E-state index is 0.0189. The van der Waals surface area contributed by atoms with Gasteiger partial charge in [-0.05, 0) is 92.0 Å². The molecule has 2 aliphatic carbocycles. The number of aryl methyl sites for hydroxylation is 1. The van der Waals surface area contributed by atoms with Crippen molar-refractivity contribution in [3.05, 3.63) is 29.3 Å². The van der Waals surface area contributed by atoms with Crippen LogP contribution in [0.25, 0.3) is 0 Å². The van der Waals surface area contributed by atoms with E-state index in [1.54, 1.807) is 0 Å². The first-order chi connectivity index (χ1) is 10.5. The second kappa shape index (κ2) is 5.86. The van der Waals surface area contributed by atoms with E-state index in [1.807, 2.05) is 19.1 Å². The number of aliphatic hydroxyl groups excluding tert-OH is 1. The molecule has 0 amide bonds. The van der Waals surface area contributed by atoms with Crippen LogP contribution >= 0.6 is 0 Å². The molecule has 0 spiro atoms. The van der Waals surface area contributed by atoms with Crippen molar-refractivity contribution >= 4 is 0 Å². The van der Waals surface area contributed by atoms with Crippen LogP contribution in [0.1, 0.15) is 56.6 Å². The number of fused-ring (bicyclic) bond motifs is 3. The highest BCUT2D eigenvalue weighted by molar-refractivity contribution is 5.40. The third-order valence-electron chi connectivity index (χ3n) is 6.58. The van der Waals surface area contributed by atoms with Crippen molar-refractivity contribution < 1.29 is 10.2 Å². The van der Waals surface area contributed by atoms with E-state index < -0.39 is 0 Å². The molecular weight excluding hydrogens is 274 g/mol. The molecule has 0 saturated heterocycles. The minimum Gasteiger partial charge on any atom is -0.508 e.